The molecule has 5 heteroatoms. The monoisotopic (exact) mass is 518 g/mol. The maximum absolute atomic E-state index is 14.3. The van der Waals surface area contributed by atoms with Crippen molar-refractivity contribution in [3.63, 3.8) is 0 Å². The van der Waals surface area contributed by atoms with Gasteiger partial charge in [0.1, 0.15) is 11.6 Å². The van der Waals surface area contributed by atoms with E-state index in [2.05, 4.69) is 48.0 Å². The summed E-state index contributed by atoms with van der Waals surface area (Å²) in [5.41, 5.74) is 6.11. The molecule has 0 aromatic heterocycles. The lowest BCUT2D eigenvalue weighted by atomic mass is 9.84. The number of aliphatic hydroxyl groups is 1. The maximum Gasteiger partial charge on any atom is 0.123 e. The highest BCUT2D eigenvalue weighted by Crippen LogP contribution is 2.52. The fourth-order valence-corrected chi connectivity index (χ4v) is 6.68. The van der Waals surface area contributed by atoms with Crippen molar-refractivity contribution >= 4 is 0 Å². The van der Waals surface area contributed by atoms with Crippen molar-refractivity contribution in [2.75, 3.05) is 39.8 Å². The molecular weight excluding hydrogens is 478 g/mol. The summed E-state index contributed by atoms with van der Waals surface area (Å²) in [6, 6.07) is 20.4. The second kappa shape index (κ2) is 12.1. The van der Waals surface area contributed by atoms with E-state index in [1.807, 2.05) is 6.07 Å². The quantitative estimate of drug-likeness (QED) is 0.331. The van der Waals surface area contributed by atoms with E-state index in [0.29, 0.717) is 24.2 Å². The minimum absolute atomic E-state index is 0.125. The van der Waals surface area contributed by atoms with Gasteiger partial charge in [-0.2, -0.15) is 0 Å². The molecule has 2 aliphatic rings. The number of benzene rings is 3. The van der Waals surface area contributed by atoms with Crippen molar-refractivity contribution in [2.24, 2.45) is 5.92 Å². The van der Waals surface area contributed by atoms with Crippen molar-refractivity contribution < 1.29 is 13.9 Å². The Morgan fingerprint density at radius 2 is 1.53 bits per heavy atom. The summed E-state index contributed by atoms with van der Waals surface area (Å²) in [5.74, 6) is 1.00. The molecule has 0 aliphatic heterocycles. The zero-order chi connectivity index (χ0) is 26.6. The van der Waals surface area contributed by atoms with Crippen molar-refractivity contribution in [3.05, 3.63) is 106 Å². The van der Waals surface area contributed by atoms with Crippen LogP contribution in [0.4, 0.5) is 8.78 Å². The third-order valence-electron chi connectivity index (χ3n) is 8.80. The number of nitrogens with zero attached hydrogens (tertiary/aromatic N) is 2. The largest absolute Gasteiger partial charge is 0.388 e. The smallest absolute Gasteiger partial charge is 0.123 e. The lowest BCUT2D eigenvalue weighted by Crippen LogP contribution is -2.36. The summed E-state index contributed by atoms with van der Waals surface area (Å²) in [5, 5.41) is 10.5. The molecule has 3 aromatic carbocycles. The Labute approximate surface area is 226 Å². The SMILES string of the molecule is CCN(CCN(C)CCC(O)c1ccc(F)cc1)CC1CC2c3ccccc3Cc3ccc(F)cc3C2C1. The molecule has 1 fully saturated rings. The summed E-state index contributed by atoms with van der Waals surface area (Å²) >= 11 is 0. The standard InChI is InChI=1S/C33H40F2N2O/c1-3-37(17-16-36(2)15-14-33(38)24-8-11-27(34)12-9-24)22-23-18-31-29-7-5-4-6-25(29)20-26-10-13-28(35)21-30(26)32(31)19-23/h4-13,21,23,31-33,38H,3,14-20,22H2,1-2H3. The highest BCUT2D eigenvalue weighted by Gasteiger charge is 2.40. The van der Waals surface area contributed by atoms with Crippen LogP contribution in [0.1, 0.15) is 71.9 Å². The number of hydrogen-bond donors (Lipinski definition) is 1. The summed E-state index contributed by atoms with van der Waals surface area (Å²) in [4.78, 5) is 4.81. The highest BCUT2D eigenvalue weighted by molar-refractivity contribution is 5.46. The van der Waals surface area contributed by atoms with Crippen LogP contribution >= 0.6 is 0 Å². The molecule has 0 amide bonds. The average Bonchev–Trinajstić information content (AvgIpc) is 3.29. The van der Waals surface area contributed by atoms with Gasteiger partial charge >= 0.3 is 0 Å². The molecule has 38 heavy (non-hydrogen) atoms. The van der Waals surface area contributed by atoms with Crippen molar-refractivity contribution in [2.45, 2.75) is 50.5 Å². The van der Waals surface area contributed by atoms with Gasteiger partial charge in [-0.3, -0.25) is 0 Å². The maximum atomic E-state index is 14.3. The van der Waals surface area contributed by atoms with E-state index in [1.54, 1.807) is 24.3 Å². The molecule has 0 bridgehead atoms. The Balaban J connectivity index is 1.18. The molecule has 0 radical (unpaired) electrons. The topological polar surface area (TPSA) is 26.7 Å². The van der Waals surface area contributed by atoms with Gasteiger partial charge in [0.25, 0.3) is 0 Å². The molecule has 5 rings (SSSR count). The van der Waals surface area contributed by atoms with E-state index in [-0.39, 0.29) is 11.6 Å². The van der Waals surface area contributed by atoms with Gasteiger partial charge < -0.3 is 14.9 Å². The fraction of sp³-hybridized carbons (Fsp3) is 0.455. The van der Waals surface area contributed by atoms with Crippen molar-refractivity contribution in [1.82, 2.24) is 9.80 Å². The van der Waals surface area contributed by atoms with Gasteiger partial charge in [-0.25, -0.2) is 8.78 Å². The first-order valence-electron chi connectivity index (χ1n) is 14.1. The summed E-state index contributed by atoms with van der Waals surface area (Å²) < 4.78 is 27.5. The van der Waals surface area contributed by atoms with Crippen LogP contribution in [-0.4, -0.2) is 54.7 Å². The van der Waals surface area contributed by atoms with Crippen LogP contribution in [0.5, 0.6) is 0 Å². The number of halogens is 2. The van der Waals surface area contributed by atoms with Crippen LogP contribution in [0.25, 0.3) is 0 Å². The van der Waals surface area contributed by atoms with Crippen LogP contribution < -0.4 is 0 Å². The average molecular weight is 519 g/mol. The molecular formula is C33H40F2N2O. The van der Waals surface area contributed by atoms with Gasteiger partial charge in [-0.1, -0.05) is 49.4 Å². The van der Waals surface area contributed by atoms with Gasteiger partial charge in [0.15, 0.2) is 0 Å². The van der Waals surface area contributed by atoms with Gasteiger partial charge in [0.2, 0.25) is 0 Å². The molecule has 0 spiro atoms. The molecule has 1 N–H and O–H groups in total. The molecule has 2 aliphatic carbocycles. The fourth-order valence-electron chi connectivity index (χ4n) is 6.68. The van der Waals surface area contributed by atoms with Gasteiger partial charge in [0.05, 0.1) is 6.10 Å². The second-order valence-corrected chi connectivity index (χ2v) is 11.3. The van der Waals surface area contributed by atoms with E-state index < -0.39 is 6.10 Å². The zero-order valence-corrected chi connectivity index (χ0v) is 22.6. The number of aliphatic hydroxyl groups excluding tert-OH is 1. The minimum Gasteiger partial charge on any atom is -0.388 e. The lowest BCUT2D eigenvalue weighted by Gasteiger charge is -2.27. The van der Waals surface area contributed by atoms with Gasteiger partial charge in [-0.05, 0) is 109 Å². The molecule has 202 valence electrons. The van der Waals surface area contributed by atoms with Crippen LogP contribution in [0.2, 0.25) is 0 Å². The Morgan fingerprint density at radius 3 is 2.29 bits per heavy atom. The van der Waals surface area contributed by atoms with E-state index in [0.717, 1.165) is 57.5 Å². The normalized spacial score (nSPS) is 21.2. The van der Waals surface area contributed by atoms with Crippen LogP contribution in [-0.2, 0) is 6.42 Å². The van der Waals surface area contributed by atoms with E-state index in [1.165, 1.54) is 34.4 Å². The Kier molecular flexibility index (Phi) is 8.57. The Hall–Kier alpha value is -2.60. The first-order chi connectivity index (χ1) is 18.4. The minimum atomic E-state index is -0.582. The van der Waals surface area contributed by atoms with Crippen molar-refractivity contribution in [3.8, 4) is 0 Å². The summed E-state index contributed by atoms with van der Waals surface area (Å²) in [7, 11) is 2.10. The summed E-state index contributed by atoms with van der Waals surface area (Å²) in [6.07, 6.45) is 3.18. The number of likely N-dealkylation sites (N-methyl/N-ethyl adjacent to an activating group) is 2. The molecule has 0 saturated heterocycles. The number of hydrogen-bond acceptors (Lipinski definition) is 3. The van der Waals surface area contributed by atoms with Gasteiger partial charge in [-0.15, -0.1) is 0 Å². The first-order valence-corrected chi connectivity index (χ1v) is 14.1. The van der Waals surface area contributed by atoms with Gasteiger partial charge in [0, 0.05) is 26.2 Å². The Bertz CT molecular complexity index is 1210. The molecule has 3 aromatic rings. The van der Waals surface area contributed by atoms with Crippen LogP contribution in [0.3, 0.4) is 0 Å². The summed E-state index contributed by atoms with van der Waals surface area (Å²) in [6.45, 7) is 6.98. The predicted molar refractivity (Wildman–Crippen MR) is 149 cm³/mol. The molecule has 3 nitrogen and oxygen atoms in total. The van der Waals surface area contributed by atoms with E-state index >= 15 is 0 Å². The Morgan fingerprint density at radius 1 is 0.842 bits per heavy atom. The highest BCUT2D eigenvalue weighted by atomic mass is 19.1. The van der Waals surface area contributed by atoms with E-state index in [4.69, 9.17) is 0 Å². The zero-order valence-electron chi connectivity index (χ0n) is 22.6. The van der Waals surface area contributed by atoms with Crippen molar-refractivity contribution in [1.29, 1.82) is 0 Å². The third-order valence-corrected chi connectivity index (χ3v) is 8.80. The first kappa shape index (κ1) is 27.0. The molecule has 1 saturated carbocycles. The molecule has 4 unspecified atom stereocenters. The molecule has 4 atom stereocenters. The third kappa shape index (κ3) is 6.17. The predicted octanol–water partition coefficient (Wildman–Crippen LogP) is 6.52. The second-order valence-electron chi connectivity index (χ2n) is 11.3. The van der Waals surface area contributed by atoms with E-state index in [9.17, 15) is 13.9 Å². The molecule has 0 heterocycles. The number of rotatable bonds is 10. The van der Waals surface area contributed by atoms with Crippen LogP contribution in [0.15, 0.2) is 66.7 Å². The lowest BCUT2D eigenvalue weighted by molar-refractivity contribution is 0.142. The number of fused-ring (bicyclic) bond motifs is 5. The van der Waals surface area contributed by atoms with Crippen LogP contribution in [0, 0.1) is 17.6 Å².